The minimum atomic E-state index is -0.284. The monoisotopic (exact) mass is 399 g/mol. The van der Waals surface area contributed by atoms with Crippen LogP contribution < -0.4 is 5.32 Å². The number of hydrogen-bond donors (Lipinski definition) is 1. The summed E-state index contributed by atoms with van der Waals surface area (Å²) < 4.78 is 12.9. The van der Waals surface area contributed by atoms with Gasteiger partial charge in [0.15, 0.2) is 5.16 Å². The molecule has 0 saturated carbocycles. The average Bonchev–Trinajstić information content (AvgIpc) is 2.62. The molecule has 0 saturated heterocycles. The van der Waals surface area contributed by atoms with Gasteiger partial charge in [0.2, 0.25) is 5.91 Å². The molecule has 0 aliphatic rings. The summed E-state index contributed by atoms with van der Waals surface area (Å²) in [5.74, 6) is -0.131. The third kappa shape index (κ3) is 6.08. The Morgan fingerprint density at radius 3 is 2.19 bits per heavy atom. The molecule has 4 nitrogen and oxygen atoms in total. The standard InChI is InChI=1S/C20H18FN3OS2/c1-13-11-14(2)23-20(22-13)27-18-9-5-16(6-10-18)24-19(25)12-26-17-7-3-15(21)4-8-17/h3-11H,12H2,1-2H3,(H,24,25). The zero-order valence-electron chi connectivity index (χ0n) is 14.9. The first kappa shape index (κ1) is 19.4. The summed E-state index contributed by atoms with van der Waals surface area (Å²) in [5.41, 5.74) is 2.60. The summed E-state index contributed by atoms with van der Waals surface area (Å²) in [6, 6.07) is 15.6. The molecule has 3 rings (SSSR count). The Labute approximate surface area is 166 Å². The topological polar surface area (TPSA) is 54.9 Å². The van der Waals surface area contributed by atoms with Gasteiger partial charge in [-0.25, -0.2) is 14.4 Å². The number of rotatable bonds is 6. The van der Waals surface area contributed by atoms with E-state index >= 15 is 0 Å². The fourth-order valence-corrected chi connectivity index (χ4v) is 3.89. The molecule has 7 heteroatoms. The first-order valence-electron chi connectivity index (χ1n) is 8.26. The van der Waals surface area contributed by atoms with Gasteiger partial charge in [0.1, 0.15) is 5.82 Å². The number of benzene rings is 2. The van der Waals surface area contributed by atoms with Crippen molar-refractivity contribution in [2.45, 2.75) is 28.8 Å². The Morgan fingerprint density at radius 1 is 0.963 bits per heavy atom. The molecule has 0 aliphatic heterocycles. The van der Waals surface area contributed by atoms with Crippen molar-refractivity contribution in [1.29, 1.82) is 0 Å². The smallest absolute Gasteiger partial charge is 0.234 e. The molecule has 0 aliphatic carbocycles. The Hall–Kier alpha value is -2.38. The molecular weight excluding hydrogens is 381 g/mol. The molecule has 0 atom stereocenters. The first-order chi connectivity index (χ1) is 13.0. The van der Waals surface area contributed by atoms with Crippen LogP contribution in [0.25, 0.3) is 0 Å². The van der Waals surface area contributed by atoms with Crippen molar-refractivity contribution < 1.29 is 9.18 Å². The minimum absolute atomic E-state index is 0.109. The van der Waals surface area contributed by atoms with Crippen LogP contribution in [-0.4, -0.2) is 21.6 Å². The van der Waals surface area contributed by atoms with E-state index in [1.54, 1.807) is 12.1 Å². The first-order valence-corrected chi connectivity index (χ1v) is 10.1. The van der Waals surface area contributed by atoms with Crippen LogP contribution in [0.15, 0.2) is 69.5 Å². The predicted octanol–water partition coefficient (Wildman–Crippen LogP) is 5.11. The lowest BCUT2D eigenvalue weighted by Crippen LogP contribution is -2.13. The van der Waals surface area contributed by atoms with Gasteiger partial charge in [0.25, 0.3) is 0 Å². The molecule has 0 bridgehead atoms. The van der Waals surface area contributed by atoms with Crippen molar-refractivity contribution in [3.63, 3.8) is 0 Å². The van der Waals surface area contributed by atoms with Crippen LogP contribution in [0.3, 0.4) is 0 Å². The molecule has 1 amide bonds. The van der Waals surface area contributed by atoms with Gasteiger partial charge in [0.05, 0.1) is 5.75 Å². The van der Waals surface area contributed by atoms with E-state index in [9.17, 15) is 9.18 Å². The average molecular weight is 400 g/mol. The third-order valence-corrected chi connectivity index (χ3v) is 5.38. The number of carbonyl (C=O) groups is 1. The highest BCUT2D eigenvalue weighted by Crippen LogP contribution is 2.26. The highest BCUT2D eigenvalue weighted by Gasteiger charge is 2.06. The van der Waals surface area contributed by atoms with E-state index in [0.29, 0.717) is 5.16 Å². The van der Waals surface area contributed by atoms with Gasteiger partial charge in [-0.1, -0.05) is 0 Å². The normalized spacial score (nSPS) is 10.6. The van der Waals surface area contributed by atoms with Crippen molar-refractivity contribution in [3.05, 3.63) is 71.8 Å². The molecular formula is C20H18FN3OS2. The van der Waals surface area contributed by atoms with Crippen LogP contribution in [0, 0.1) is 19.7 Å². The summed E-state index contributed by atoms with van der Waals surface area (Å²) in [6.07, 6.45) is 0. The second kappa shape index (κ2) is 9.01. The van der Waals surface area contributed by atoms with E-state index in [4.69, 9.17) is 0 Å². The molecule has 0 radical (unpaired) electrons. The van der Waals surface area contributed by atoms with Crippen molar-refractivity contribution in [3.8, 4) is 0 Å². The molecule has 138 valence electrons. The number of halogens is 1. The molecule has 1 N–H and O–H groups in total. The molecule has 1 heterocycles. The van der Waals surface area contributed by atoms with Gasteiger partial charge in [-0.05, 0) is 80.2 Å². The van der Waals surface area contributed by atoms with Crippen LogP contribution in [0.1, 0.15) is 11.4 Å². The maximum atomic E-state index is 12.9. The van der Waals surface area contributed by atoms with E-state index in [0.717, 1.165) is 26.9 Å². The van der Waals surface area contributed by atoms with Gasteiger partial charge in [-0.15, -0.1) is 11.8 Å². The number of thioether (sulfide) groups is 1. The Kier molecular flexibility index (Phi) is 6.47. The minimum Gasteiger partial charge on any atom is -0.325 e. The number of anilines is 1. The summed E-state index contributed by atoms with van der Waals surface area (Å²) in [4.78, 5) is 22.8. The lowest BCUT2D eigenvalue weighted by Gasteiger charge is -2.07. The largest absolute Gasteiger partial charge is 0.325 e. The Morgan fingerprint density at radius 2 is 1.56 bits per heavy atom. The maximum absolute atomic E-state index is 12.9. The summed E-state index contributed by atoms with van der Waals surface area (Å²) in [5, 5.41) is 3.57. The van der Waals surface area contributed by atoms with E-state index in [1.807, 2.05) is 44.2 Å². The lowest BCUT2D eigenvalue weighted by atomic mass is 10.3. The van der Waals surface area contributed by atoms with Crippen molar-refractivity contribution in [2.75, 3.05) is 11.1 Å². The fourth-order valence-electron chi connectivity index (χ4n) is 2.33. The van der Waals surface area contributed by atoms with E-state index in [-0.39, 0.29) is 17.5 Å². The second-order valence-corrected chi connectivity index (χ2v) is 7.94. The van der Waals surface area contributed by atoms with Gasteiger partial charge >= 0.3 is 0 Å². The quantitative estimate of drug-likeness (QED) is 0.461. The summed E-state index contributed by atoms with van der Waals surface area (Å²) in [6.45, 7) is 3.89. The Bertz CT molecular complexity index is 911. The highest BCUT2D eigenvalue weighted by molar-refractivity contribution is 8.00. The van der Waals surface area contributed by atoms with Crippen molar-refractivity contribution >= 4 is 35.1 Å². The summed E-state index contributed by atoms with van der Waals surface area (Å²) in [7, 11) is 0. The van der Waals surface area contributed by atoms with E-state index in [1.165, 1.54) is 35.7 Å². The number of carbonyl (C=O) groups excluding carboxylic acids is 1. The number of aryl methyl sites for hydroxylation is 2. The Balaban J connectivity index is 1.53. The van der Waals surface area contributed by atoms with Crippen LogP contribution >= 0.6 is 23.5 Å². The van der Waals surface area contributed by atoms with Crippen LogP contribution in [0.4, 0.5) is 10.1 Å². The van der Waals surface area contributed by atoms with Crippen LogP contribution in [-0.2, 0) is 4.79 Å². The number of nitrogens with zero attached hydrogens (tertiary/aromatic N) is 2. The maximum Gasteiger partial charge on any atom is 0.234 e. The predicted molar refractivity (Wildman–Crippen MR) is 108 cm³/mol. The molecule has 0 unspecified atom stereocenters. The molecule has 3 aromatic rings. The zero-order valence-corrected chi connectivity index (χ0v) is 16.5. The number of hydrogen-bond acceptors (Lipinski definition) is 5. The molecule has 2 aromatic carbocycles. The number of nitrogens with one attached hydrogen (secondary N) is 1. The number of amides is 1. The van der Waals surface area contributed by atoms with Crippen LogP contribution in [0.5, 0.6) is 0 Å². The van der Waals surface area contributed by atoms with Gasteiger partial charge in [0, 0.05) is 26.9 Å². The summed E-state index contributed by atoms with van der Waals surface area (Å²) >= 11 is 2.85. The van der Waals surface area contributed by atoms with Crippen molar-refractivity contribution in [2.24, 2.45) is 0 Å². The highest BCUT2D eigenvalue weighted by atomic mass is 32.2. The van der Waals surface area contributed by atoms with Gasteiger partial charge < -0.3 is 5.32 Å². The fraction of sp³-hybridized carbons (Fsp3) is 0.150. The SMILES string of the molecule is Cc1cc(C)nc(Sc2ccc(NC(=O)CSc3ccc(F)cc3)cc2)n1. The van der Waals surface area contributed by atoms with Crippen molar-refractivity contribution in [1.82, 2.24) is 9.97 Å². The third-order valence-electron chi connectivity index (χ3n) is 3.49. The zero-order chi connectivity index (χ0) is 19.2. The lowest BCUT2D eigenvalue weighted by molar-refractivity contribution is -0.113. The molecule has 1 aromatic heterocycles. The number of aromatic nitrogens is 2. The van der Waals surface area contributed by atoms with Gasteiger partial charge in [-0.3, -0.25) is 4.79 Å². The van der Waals surface area contributed by atoms with E-state index < -0.39 is 0 Å². The molecule has 0 fully saturated rings. The molecule has 27 heavy (non-hydrogen) atoms. The molecule has 0 spiro atoms. The van der Waals surface area contributed by atoms with Crippen LogP contribution in [0.2, 0.25) is 0 Å². The van der Waals surface area contributed by atoms with Gasteiger partial charge in [-0.2, -0.15) is 0 Å². The van der Waals surface area contributed by atoms with E-state index in [2.05, 4.69) is 15.3 Å². The second-order valence-electron chi connectivity index (χ2n) is 5.85.